The number of rotatable bonds is 7. The molecule has 0 fully saturated rings. The third-order valence-corrected chi connectivity index (χ3v) is 3.90. The second-order valence-corrected chi connectivity index (χ2v) is 7.58. The Bertz CT molecular complexity index is 377. The molecule has 0 radical (unpaired) electrons. The zero-order chi connectivity index (χ0) is 14.5. The van der Waals surface area contributed by atoms with Crippen molar-refractivity contribution in [1.29, 1.82) is 0 Å². The van der Waals surface area contributed by atoms with Crippen molar-refractivity contribution >= 4 is 15.9 Å². The van der Waals surface area contributed by atoms with E-state index in [1.54, 1.807) is 0 Å². The van der Waals surface area contributed by atoms with Crippen molar-refractivity contribution in [3.05, 3.63) is 34.3 Å². The van der Waals surface area contributed by atoms with E-state index in [2.05, 4.69) is 73.2 Å². The van der Waals surface area contributed by atoms with E-state index in [1.807, 2.05) is 0 Å². The van der Waals surface area contributed by atoms with Crippen LogP contribution in [-0.2, 0) is 5.41 Å². The number of hydrogen-bond acceptors (Lipinski definition) is 2. The van der Waals surface area contributed by atoms with Crippen LogP contribution in [-0.4, -0.2) is 18.6 Å². The van der Waals surface area contributed by atoms with Crippen LogP contribution in [0.5, 0.6) is 0 Å². The summed E-state index contributed by atoms with van der Waals surface area (Å²) in [4.78, 5) is 0. The number of benzene rings is 1. The SMILES string of the molecule is CC(C)(N)CCCNCC(C)(C)c1ccc(Br)cc1. The minimum Gasteiger partial charge on any atom is -0.326 e. The van der Waals surface area contributed by atoms with Crippen LogP contribution >= 0.6 is 15.9 Å². The molecule has 0 atom stereocenters. The highest BCUT2D eigenvalue weighted by molar-refractivity contribution is 9.10. The Morgan fingerprint density at radius 1 is 1.11 bits per heavy atom. The molecule has 0 amide bonds. The fraction of sp³-hybridized carbons (Fsp3) is 0.625. The summed E-state index contributed by atoms with van der Waals surface area (Å²) in [5, 5.41) is 3.54. The zero-order valence-corrected chi connectivity index (χ0v) is 14.2. The van der Waals surface area contributed by atoms with E-state index in [1.165, 1.54) is 5.56 Å². The molecule has 0 aliphatic heterocycles. The van der Waals surface area contributed by atoms with Crippen molar-refractivity contribution in [2.75, 3.05) is 13.1 Å². The smallest absolute Gasteiger partial charge is 0.0175 e. The molecule has 1 aromatic rings. The van der Waals surface area contributed by atoms with Gasteiger partial charge in [0.1, 0.15) is 0 Å². The Kier molecular flexibility index (Phi) is 6.03. The normalized spacial score (nSPS) is 12.7. The van der Waals surface area contributed by atoms with Crippen molar-refractivity contribution in [2.24, 2.45) is 5.73 Å². The first-order valence-electron chi connectivity index (χ1n) is 6.96. The van der Waals surface area contributed by atoms with Crippen molar-refractivity contribution < 1.29 is 0 Å². The maximum absolute atomic E-state index is 5.98. The van der Waals surface area contributed by atoms with E-state index in [-0.39, 0.29) is 11.0 Å². The summed E-state index contributed by atoms with van der Waals surface area (Å²) in [5.41, 5.74) is 7.44. The predicted molar refractivity (Wildman–Crippen MR) is 87.5 cm³/mol. The van der Waals surface area contributed by atoms with Gasteiger partial charge in [-0.25, -0.2) is 0 Å². The van der Waals surface area contributed by atoms with Crippen LogP contribution in [0, 0.1) is 0 Å². The number of hydrogen-bond donors (Lipinski definition) is 2. The van der Waals surface area contributed by atoms with Crippen LogP contribution in [0.15, 0.2) is 28.7 Å². The summed E-state index contributed by atoms with van der Waals surface area (Å²) in [7, 11) is 0. The van der Waals surface area contributed by atoms with Gasteiger partial charge in [0.05, 0.1) is 0 Å². The fourth-order valence-electron chi connectivity index (χ4n) is 2.07. The molecule has 1 aromatic carbocycles. The van der Waals surface area contributed by atoms with E-state index in [0.29, 0.717) is 0 Å². The molecule has 0 aliphatic carbocycles. The quantitative estimate of drug-likeness (QED) is 0.747. The molecule has 108 valence electrons. The molecule has 3 heteroatoms. The third kappa shape index (κ3) is 6.55. The minimum atomic E-state index is -0.0527. The molecule has 0 unspecified atom stereocenters. The van der Waals surface area contributed by atoms with Gasteiger partial charge in [-0.3, -0.25) is 0 Å². The standard InChI is InChI=1S/C16H27BrN2/c1-15(2,13-6-8-14(17)9-7-13)12-19-11-5-10-16(3,4)18/h6-9,19H,5,10-12,18H2,1-4H3. The summed E-state index contributed by atoms with van der Waals surface area (Å²) in [6, 6.07) is 8.59. The van der Waals surface area contributed by atoms with E-state index in [4.69, 9.17) is 5.73 Å². The van der Waals surface area contributed by atoms with Gasteiger partial charge in [0, 0.05) is 22.0 Å². The van der Waals surface area contributed by atoms with Gasteiger partial charge in [-0.2, -0.15) is 0 Å². The molecule has 0 aromatic heterocycles. The molecule has 0 bridgehead atoms. The largest absolute Gasteiger partial charge is 0.326 e. The van der Waals surface area contributed by atoms with Crippen LogP contribution in [0.3, 0.4) is 0 Å². The maximum Gasteiger partial charge on any atom is 0.0175 e. The van der Waals surface area contributed by atoms with E-state index in [0.717, 1.165) is 30.4 Å². The highest BCUT2D eigenvalue weighted by Crippen LogP contribution is 2.24. The van der Waals surface area contributed by atoms with Gasteiger partial charge < -0.3 is 11.1 Å². The average molecular weight is 327 g/mol. The predicted octanol–water partition coefficient (Wildman–Crippen LogP) is 3.83. The van der Waals surface area contributed by atoms with Crippen LogP contribution in [0.1, 0.15) is 46.1 Å². The van der Waals surface area contributed by atoms with Crippen molar-refractivity contribution in [3.8, 4) is 0 Å². The highest BCUT2D eigenvalue weighted by atomic mass is 79.9. The monoisotopic (exact) mass is 326 g/mol. The Morgan fingerprint density at radius 3 is 2.21 bits per heavy atom. The lowest BCUT2D eigenvalue weighted by Gasteiger charge is -2.26. The van der Waals surface area contributed by atoms with Gasteiger partial charge in [-0.15, -0.1) is 0 Å². The fourth-order valence-corrected chi connectivity index (χ4v) is 2.34. The first kappa shape index (κ1) is 16.7. The van der Waals surface area contributed by atoms with Crippen LogP contribution in [0.25, 0.3) is 0 Å². The van der Waals surface area contributed by atoms with Crippen molar-refractivity contribution in [1.82, 2.24) is 5.32 Å². The molecular weight excluding hydrogens is 300 g/mol. The Hall–Kier alpha value is -0.380. The molecule has 0 saturated heterocycles. The molecule has 1 rings (SSSR count). The van der Waals surface area contributed by atoms with Crippen LogP contribution < -0.4 is 11.1 Å². The van der Waals surface area contributed by atoms with Gasteiger partial charge in [0.15, 0.2) is 0 Å². The average Bonchev–Trinajstić information content (AvgIpc) is 2.27. The summed E-state index contributed by atoms with van der Waals surface area (Å²) >= 11 is 3.48. The van der Waals surface area contributed by atoms with Gasteiger partial charge in [0.2, 0.25) is 0 Å². The molecular formula is C16H27BrN2. The summed E-state index contributed by atoms with van der Waals surface area (Å²) in [5.74, 6) is 0. The van der Waals surface area contributed by atoms with E-state index < -0.39 is 0 Å². The third-order valence-electron chi connectivity index (χ3n) is 3.37. The summed E-state index contributed by atoms with van der Waals surface area (Å²) in [6.45, 7) is 10.7. The van der Waals surface area contributed by atoms with Crippen molar-refractivity contribution in [2.45, 2.75) is 51.5 Å². The second-order valence-electron chi connectivity index (χ2n) is 6.66. The molecule has 2 nitrogen and oxygen atoms in total. The molecule has 3 N–H and O–H groups in total. The van der Waals surface area contributed by atoms with Gasteiger partial charge in [-0.05, 0) is 50.9 Å². The molecule has 0 aliphatic rings. The lowest BCUT2D eigenvalue weighted by Crippen LogP contribution is -2.36. The topological polar surface area (TPSA) is 38.0 Å². The number of nitrogens with two attached hydrogens (primary N) is 1. The lowest BCUT2D eigenvalue weighted by atomic mass is 9.84. The molecule has 0 saturated carbocycles. The van der Waals surface area contributed by atoms with E-state index in [9.17, 15) is 0 Å². The second kappa shape index (κ2) is 6.87. The summed E-state index contributed by atoms with van der Waals surface area (Å²) < 4.78 is 1.13. The van der Waals surface area contributed by atoms with Gasteiger partial charge in [-0.1, -0.05) is 41.9 Å². The zero-order valence-electron chi connectivity index (χ0n) is 12.6. The van der Waals surface area contributed by atoms with Crippen LogP contribution in [0.4, 0.5) is 0 Å². The number of halogens is 1. The molecule has 19 heavy (non-hydrogen) atoms. The molecule has 0 spiro atoms. The summed E-state index contributed by atoms with van der Waals surface area (Å²) in [6.07, 6.45) is 2.18. The van der Waals surface area contributed by atoms with E-state index >= 15 is 0 Å². The Morgan fingerprint density at radius 2 is 1.68 bits per heavy atom. The Balaban J connectivity index is 2.37. The van der Waals surface area contributed by atoms with Gasteiger partial charge >= 0.3 is 0 Å². The maximum atomic E-state index is 5.98. The minimum absolute atomic E-state index is 0.0527. The van der Waals surface area contributed by atoms with Crippen LogP contribution in [0.2, 0.25) is 0 Å². The first-order chi connectivity index (χ1) is 8.71. The first-order valence-corrected chi connectivity index (χ1v) is 7.76. The Labute approximate surface area is 126 Å². The highest BCUT2D eigenvalue weighted by Gasteiger charge is 2.19. The van der Waals surface area contributed by atoms with Crippen molar-refractivity contribution in [3.63, 3.8) is 0 Å². The number of nitrogens with one attached hydrogen (secondary N) is 1. The molecule has 0 heterocycles. The lowest BCUT2D eigenvalue weighted by molar-refractivity contribution is 0.424. The van der Waals surface area contributed by atoms with Gasteiger partial charge in [0.25, 0.3) is 0 Å².